The van der Waals surface area contributed by atoms with Crippen LogP contribution in [0.4, 0.5) is 0 Å². The molecule has 0 aliphatic heterocycles. The Morgan fingerprint density at radius 3 is 2.56 bits per heavy atom. The molecule has 6 heteroatoms. The lowest BCUT2D eigenvalue weighted by atomic mass is 10.2. The zero-order valence-electron chi connectivity index (χ0n) is 9.94. The van der Waals surface area contributed by atoms with Gasteiger partial charge in [0, 0.05) is 17.0 Å². The fourth-order valence-electron chi connectivity index (χ4n) is 1.70. The van der Waals surface area contributed by atoms with E-state index in [2.05, 4.69) is 9.97 Å². The van der Waals surface area contributed by atoms with Gasteiger partial charge in [0.25, 0.3) is 0 Å². The molecule has 0 bridgehead atoms. The minimum atomic E-state index is -0.293. The van der Waals surface area contributed by atoms with Crippen LogP contribution in [0.5, 0.6) is 0 Å². The van der Waals surface area contributed by atoms with E-state index in [1.807, 2.05) is 13.0 Å². The summed E-state index contributed by atoms with van der Waals surface area (Å²) in [6.45, 7) is 3.98. The summed E-state index contributed by atoms with van der Waals surface area (Å²) in [4.78, 5) is 19.6. The molecule has 2 aromatic rings. The van der Waals surface area contributed by atoms with Crippen LogP contribution >= 0.6 is 23.2 Å². The first-order valence-corrected chi connectivity index (χ1v) is 6.09. The summed E-state index contributed by atoms with van der Waals surface area (Å²) >= 11 is 11.7. The van der Waals surface area contributed by atoms with Gasteiger partial charge < -0.3 is 0 Å². The zero-order valence-corrected chi connectivity index (χ0v) is 11.5. The number of aromatic nitrogens is 3. The summed E-state index contributed by atoms with van der Waals surface area (Å²) in [6.07, 6.45) is 0. The van der Waals surface area contributed by atoms with Crippen LogP contribution in [0.15, 0.2) is 23.0 Å². The predicted molar refractivity (Wildman–Crippen MR) is 71.3 cm³/mol. The van der Waals surface area contributed by atoms with Crippen molar-refractivity contribution in [2.75, 3.05) is 0 Å². The van der Waals surface area contributed by atoms with Crippen LogP contribution in [-0.2, 0) is 6.54 Å². The van der Waals surface area contributed by atoms with Crippen molar-refractivity contribution in [1.82, 2.24) is 14.5 Å². The Morgan fingerprint density at radius 1 is 1.22 bits per heavy atom. The highest BCUT2D eigenvalue weighted by Crippen LogP contribution is 2.17. The SMILES string of the molecule is Cc1cc(C)n(Cc2ccc(Cl)nc2Cl)c(=O)n1. The van der Waals surface area contributed by atoms with Crippen molar-refractivity contribution < 1.29 is 0 Å². The first-order valence-electron chi connectivity index (χ1n) is 5.33. The van der Waals surface area contributed by atoms with Crippen LogP contribution in [0.3, 0.4) is 0 Å². The molecule has 0 saturated carbocycles. The molecule has 18 heavy (non-hydrogen) atoms. The van der Waals surface area contributed by atoms with Crippen LogP contribution in [0.25, 0.3) is 0 Å². The summed E-state index contributed by atoms with van der Waals surface area (Å²) < 4.78 is 1.55. The second-order valence-electron chi connectivity index (χ2n) is 3.99. The van der Waals surface area contributed by atoms with Gasteiger partial charge >= 0.3 is 5.69 Å². The Hall–Kier alpha value is -1.39. The molecule has 0 spiro atoms. The molecular formula is C12H11Cl2N3O. The highest BCUT2D eigenvalue weighted by Gasteiger charge is 2.08. The number of rotatable bonds is 2. The highest BCUT2D eigenvalue weighted by atomic mass is 35.5. The topological polar surface area (TPSA) is 47.8 Å². The molecule has 0 aromatic carbocycles. The Kier molecular flexibility index (Phi) is 3.68. The van der Waals surface area contributed by atoms with Crippen LogP contribution in [-0.4, -0.2) is 14.5 Å². The van der Waals surface area contributed by atoms with Crippen molar-refractivity contribution in [3.8, 4) is 0 Å². The standard InChI is InChI=1S/C12H11Cl2N3O/c1-7-5-8(2)17(12(18)15-7)6-9-3-4-10(13)16-11(9)14/h3-5H,6H2,1-2H3. The summed E-state index contributed by atoms with van der Waals surface area (Å²) in [6, 6.07) is 5.24. The normalized spacial score (nSPS) is 10.7. The van der Waals surface area contributed by atoms with E-state index in [0.29, 0.717) is 22.5 Å². The maximum absolute atomic E-state index is 11.8. The molecule has 2 aromatic heterocycles. The summed E-state index contributed by atoms with van der Waals surface area (Å²) in [5.74, 6) is 0. The fourth-order valence-corrected chi connectivity index (χ4v) is 2.10. The van der Waals surface area contributed by atoms with Gasteiger partial charge in [-0.05, 0) is 26.0 Å². The molecule has 0 saturated heterocycles. The third-order valence-corrected chi connectivity index (χ3v) is 3.10. The maximum Gasteiger partial charge on any atom is 0.348 e. The molecule has 0 aliphatic carbocycles. The van der Waals surface area contributed by atoms with Crippen LogP contribution in [0.2, 0.25) is 10.3 Å². The summed E-state index contributed by atoms with van der Waals surface area (Å²) in [5, 5.41) is 0.629. The molecule has 0 radical (unpaired) electrons. The van der Waals surface area contributed by atoms with E-state index < -0.39 is 0 Å². The third kappa shape index (κ3) is 2.71. The largest absolute Gasteiger partial charge is 0.348 e. The minimum absolute atomic E-state index is 0.293. The molecule has 94 valence electrons. The van der Waals surface area contributed by atoms with Crippen LogP contribution in [0, 0.1) is 13.8 Å². The van der Waals surface area contributed by atoms with E-state index in [1.54, 1.807) is 23.6 Å². The summed E-state index contributed by atoms with van der Waals surface area (Å²) in [5.41, 5.74) is 1.98. The van der Waals surface area contributed by atoms with Gasteiger partial charge in [0.1, 0.15) is 10.3 Å². The van der Waals surface area contributed by atoms with E-state index in [1.165, 1.54) is 0 Å². The number of nitrogens with zero attached hydrogens (tertiary/aromatic N) is 3. The van der Waals surface area contributed by atoms with E-state index in [9.17, 15) is 4.79 Å². The van der Waals surface area contributed by atoms with Crippen molar-refractivity contribution in [2.24, 2.45) is 0 Å². The molecule has 0 aliphatic rings. The molecule has 0 atom stereocenters. The van der Waals surface area contributed by atoms with Gasteiger partial charge in [0.2, 0.25) is 0 Å². The molecule has 2 heterocycles. The van der Waals surface area contributed by atoms with Gasteiger partial charge in [-0.25, -0.2) is 9.78 Å². The smallest absolute Gasteiger partial charge is 0.292 e. The first-order chi connectivity index (χ1) is 8.47. The van der Waals surface area contributed by atoms with Gasteiger partial charge in [0.05, 0.1) is 6.54 Å². The average Bonchev–Trinajstić information content (AvgIpc) is 2.25. The van der Waals surface area contributed by atoms with E-state index in [4.69, 9.17) is 23.2 Å². The minimum Gasteiger partial charge on any atom is -0.292 e. The molecule has 4 nitrogen and oxygen atoms in total. The molecule has 0 unspecified atom stereocenters. The predicted octanol–water partition coefficient (Wildman–Crippen LogP) is 2.61. The second kappa shape index (κ2) is 5.08. The van der Waals surface area contributed by atoms with Gasteiger partial charge in [-0.3, -0.25) is 4.57 Å². The third-order valence-electron chi connectivity index (χ3n) is 2.57. The van der Waals surface area contributed by atoms with Gasteiger partial charge in [-0.1, -0.05) is 29.3 Å². The molecule has 0 N–H and O–H groups in total. The van der Waals surface area contributed by atoms with Crippen molar-refractivity contribution in [3.63, 3.8) is 0 Å². The van der Waals surface area contributed by atoms with Crippen molar-refractivity contribution in [1.29, 1.82) is 0 Å². The molecule has 0 amide bonds. The summed E-state index contributed by atoms with van der Waals surface area (Å²) in [7, 11) is 0. The number of pyridine rings is 1. The van der Waals surface area contributed by atoms with E-state index in [0.717, 1.165) is 11.3 Å². The lowest BCUT2D eigenvalue weighted by molar-refractivity contribution is 0.692. The molecule has 0 fully saturated rings. The second-order valence-corrected chi connectivity index (χ2v) is 4.74. The Labute approximate surface area is 114 Å². The van der Waals surface area contributed by atoms with Crippen molar-refractivity contribution >= 4 is 23.2 Å². The molecule has 2 rings (SSSR count). The maximum atomic E-state index is 11.8. The van der Waals surface area contributed by atoms with E-state index >= 15 is 0 Å². The fraction of sp³-hybridized carbons (Fsp3) is 0.250. The number of hydrogen-bond acceptors (Lipinski definition) is 3. The lowest BCUT2D eigenvalue weighted by Gasteiger charge is -2.10. The van der Waals surface area contributed by atoms with Gasteiger partial charge in [0.15, 0.2) is 0 Å². The van der Waals surface area contributed by atoms with Gasteiger partial charge in [-0.15, -0.1) is 0 Å². The number of halogens is 2. The van der Waals surface area contributed by atoms with Crippen LogP contribution < -0.4 is 5.69 Å². The zero-order chi connectivity index (χ0) is 13.3. The quantitative estimate of drug-likeness (QED) is 0.796. The van der Waals surface area contributed by atoms with E-state index in [-0.39, 0.29) is 5.69 Å². The van der Waals surface area contributed by atoms with Crippen molar-refractivity contribution in [3.05, 3.63) is 55.9 Å². The van der Waals surface area contributed by atoms with Crippen molar-refractivity contribution in [2.45, 2.75) is 20.4 Å². The highest BCUT2D eigenvalue weighted by molar-refractivity contribution is 6.32. The number of aryl methyl sites for hydroxylation is 2. The average molecular weight is 284 g/mol. The van der Waals surface area contributed by atoms with Gasteiger partial charge in [-0.2, -0.15) is 4.98 Å². The lowest BCUT2D eigenvalue weighted by Crippen LogP contribution is -2.26. The monoisotopic (exact) mass is 283 g/mol. The Bertz CT molecular complexity index is 652. The van der Waals surface area contributed by atoms with Crippen LogP contribution in [0.1, 0.15) is 17.0 Å². The Morgan fingerprint density at radius 2 is 1.94 bits per heavy atom. The molecular weight excluding hydrogens is 273 g/mol. The number of hydrogen-bond donors (Lipinski definition) is 0. The first kappa shape index (κ1) is 13.1. The Balaban J connectivity index is 2.43.